The summed E-state index contributed by atoms with van der Waals surface area (Å²) in [6.45, 7) is 8.42. The highest BCUT2D eigenvalue weighted by molar-refractivity contribution is 5.35. The number of aryl methyl sites for hydroxylation is 1. The van der Waals surface area contributed by atoms with Gasteiger partial charge in [-0.05, 0) is 50.4 Å². The van der Waals surface area contributed by atoms with E-state index >= 15 is 0 Å². The second-order valence-corrected chi connectivity index (χ2v) is 6.80. The van der Waals surface area contributed by atoms with Crippen molar-refractivity contribution < 1.29 is 4.74 Å². The van der Waals surface area contributed by atoms with Gasteiger partial charge in [-0.25, -0.2) is 0 Å². The quantitative estimate of drug-likeness (QED) is 0.519. The number of hydrogen-bond donors (Lipinski definition) is 1. The maximum absolute atomic E-state index is 6.05. The molecule has 0 heterocycles. The third-order valence-electron chi connectivity index (χ3n) is 4.75. The summed E-state index contributed by atoms with van der Waals surface area (Å²) in [6, 6.07) is 17.3. The molecule has 2 aromatic rings. The predicted molar refractivity (Wildman–Crippen MR) is 107 cm³/mol. The average molecular weight is 340 g/mol. The fourth-order valence-corrected chi connectivity index (χ4v) is 3.10. The molecule has 0 amide bonds. The van der Waals surface area contributed by atoms with Crippen LogP contribution in [0.2, 0.25) is 0 Å². The molecule has 0 saturated carbocycles. The van der Waals surface area contributed by atoms with Gasteiger partial charge in [-0.2, -0.15) is 0 Å². The van der Waals surface area contributed by atoms with Gasteiger partial charge in [0.2, 0.25) is 0 Å². The fourth-order valence-electron chi connectivity index (χ4n) is 3.10. The van der Waals surface area contributed by atoms with Gasteiger partial charge in [-0.15, -0.1) is 0 Å². The van der Waals surface area contributed by atoms with Crippen LogP contribution in [0.15, 0.2) is 48.5 Å². The molecule has 0 fully saturated rings. The first-order valence-corrected chi connectivity index (χ1v) is 9.72. The number of para-hydroxylation sites is 1. The van der Waals surface area contributed by atoms with Gasteiger partial charge in [0.1, 0.15) is 5.75 Å². The summed E-state index contributed by atoms with van der Waals surface area (Å²) in [5.74, 6) is 1.02. The highest BCUT2D eigenvalue weighted by atomic mass is 16.5. The van der Waals surface area contributed by atoms with Gasteiger partial charge in [0.15, 0.2) is 0 Å². The van der Waals surface area contributed by atoms with Crippen molar-refractivity contribution in [3.8, 4) is 5.75 Å². The molecule has 2 aromatic carbocycles. The van der Waals surface area contributed by atoms with Gasteiger partial charge in [0.05, 0.1) is 6.61 Å². The molecule has 1 atom stereocenters. The smallest absolute Gasteiger partial charge is 0.124 e. The summed E-state index contributed by atoms with van der Waals surface area (Å²) >= 11 is 0. The van der Waals surface area contributed by atoms with Crippen LogP contribution in [0.1, 0.15) is 62.3 Å². The van der Waals surface area contributed by atoms with Gasteiger partial charge < -0.3 is 10.1 Å². The van der Waals surface area contributed by atoms with Crippen LogP contribution in [0.4, 0.5) is 0 Å². The Kier molecular flexibility index (Phi) is 8.54. The summed E-state index contributed by atoms with van der Waals surface area (Å²) in [6.07, 6.45) is 6.00. The first-order valence-electron chi connectivity index (χ1n) is 9.72. The number of nitrogens with one attached hydrogen (secondary N) is 1. The van der Waals surface area contributed by atoms with Crippen molar-refractivity contribution in [1.82, 2.24) is 5.32 Å². The van der Waals surface area contributed by atoms with E-state index in [-0.39, 0.29) is 6.04 Å². The van der Waals surface area contributed by atoms with Crippen molar-refractivity contribution in [1.29, 1.82) is 0 Å². The third-order valence-corrected chi connectivity index (χ3v) is 4.75. The maximum atomic E-state index is 6.05. The van der Waals surface area contributed by atoms with Crippen LogP contribution in [0.25, 0.3) is 0 Å². The van der Waals surface area contributed by atoms with Crippen LogP contribution in [0.3, 0.4) is 0 Å². The van der Waals surface area contributed by atoms with Crippen LogP contribution < -0.4 is 10.1 Å². The normalized spacial score (nSPS) is 12.1. The molecule has 0 aliphatic carbocycles. The largest absolute Gasteiger partial charge is 0.493 e. The fraction of sp³-hybridized carbons (Fsp3) is 0.478. The van der Waals surface area contributed by atoms with Gasteiger partial charge >= 0.3 is 0 Å². The molecule has 0 radical (unpaired) electrons. The number of hydrogen-bond acceptors (Lipinski definition) is 2. The molecular weight excluding hydrogens is 306 g/mol. The molecule has 25 heavy (non-hydrogen) atoms. The molecule has 2 heteroatoms. The first-order chi connectivity index (χ1) is 12.2. The second-order valence-electron chi connectivity index (χ2n) is 6.80. The molecule has 0 bridgehead atoms. The zero-order valence-corrected chi connectivity index (χ0v) is 16.1. The Morgan fingerprint density at radius 2 is 1.72 bits per heavy atom. The van der Waals surface area contributed by atoms with Crippen molar-refractivity contribution in [3.63, 3.8) is 0 Å². The van der Waals surface area contributed by atoms with Gasteiger partial charge in [0.25, 0.3) is 0 Å². The average Bonchev–Trinajstić information content (AvgIpc) is 2.63. The third kappa shape index (κ3) is 6.55. The van der Waals surface area contributed by atoms with Crippen molar-refractivity contribution in [2.24, 2.45) is 0 Å². The second kappa shape index (κ2) is 10.9. The lowest BCUT2D eigenvalue weighted by molar-refractivity contribution is 0.299. The van der Waals surface area contributed by atoms with Crippen LogP contribution in [0, 0.1) is 6.92 Å². The Morgan fingerprint density at radius 3 is 2.52 bits per heavy atom. The number of unbranched alkanes of at least 4 members (excludes halogenated alkanes) is 3. The Bertz CT molecular complexity index is 623. The zero-order chi connectivity index (χ0) is 17.9. The molecule has 0 aromatic heterocycles. The van der Waals surface area contributed by atoms with Crippen molar-refractivity contribution >= 4 is 0 Å². The molecule has 0 aliphatic heterocycles. The molecule has 1 unspecified atom stereocenters. The zero-order valence-electron chi connectivity index (χ0n) is 16.1. The van der Waals surface area contributed by atoms with E-state index in [1.54, 1.807) is 0 Å². The van der Waals surface area contributed by atoms with E-state index in [9.17, 15) is 0 Å². The first kappa shape index (κ1) is 19.5. The monoisotopic (exact) mass is 339 g/mol. The van der Waals surface area contributed by atoms with Crippen LogP contribution >= 0.6 is 0 Å². The Morgan fingerprint density at radius 1 is 0.960 bits per heavy atom. The highest BCUT2D eigenvalue weighted by Gasteiger charge is 2.11. The molecule has 2 nitrogen and oxygen atoms in total. The molecule has 1 N–H and O–H groups in total. The topological polar surface area (TPSA) is 21.3 Å². The SMILES string of the molecule is CCCCCCOc1ccccc1C(C)NCCc1ccccc1C. The number of ether oxygens (including phenoxy) is 1. The summed E-state index contributed by atoms with van der Waals surface area (Å²) < 4.78 is 6.05. The minimum absolute atomic E-state index is 0.288. The maximum Gasteiger partial charge on any atom is 0.124 e. The van der Waals surface area contributed by atoms with E-state index in [0.29, 0.717) is 0 Å². The van der Waals surface area contributed by atoms with E-state index in [2.05, 4.69) is 74.6 Å². The van der Waals surface area contributed by atoms with Gasteiger partial charge in [-0.3, -0.25) is 0 Å². The van der Waals surface area contributed by atoms with Crippen LogP contribution in [-0.2, 0) is 6.42 Å². The lowest BCUT2D eigenvalue weighted by Gasteiger charge is -2.19. The molecule has 0 saturated heterocycles. The minimum atomic E-state index is 0.288. The number of rotatable bonds is 11. The summed E-state index contributed by atoms with van der Waals surface area (Å²) in [5.41, 5.74) is 4.04. The highest BCUT2D eigenvalue weighted by Crippen LogP contribution is 2.25. The van der Waals surface area contributed by atoms with Crippen molar-refractivity contribution in [2.45, 2.75) is 58.9 Å². The summed E-state index contributed by atoms with van der Waals surface area (Å²) in [7, 11) is 0. The van der Waals surface area contributed by atoms with E-state index in [1.807, 2.05) is 0 Å². The summed E-state index contributed by atoms with van der Waals surface area (Å²) in [5, 5.41) is 3.65. The Labute approximate surface area is 153 Å². The summed E-state index contributed by atoms with van der Waals surface area (Å²) in [4.78, 5) is 0. The van der Waals surface area contributed by atoms with E-state index in [4.69, 9.17) is 4.74 Å². The molecule has 2 rings (SSSR count). The van der Waals surface area contributed by atoms with E-state index < -0.39 is 0 Å². The lowest BCUT2D eigenvalue weighted by atomic mass is 10.0. The predicted octanol–water partition coefficient (Wildman–Crippen LogP) is 5.85. The van der Waals surface area contributed by atoms with Crippen molar-refractivity contribution in [3.05, 3.63) is 65.2 Å². The minimum Gasteiger partial charge on any atom is -0.493 e. The Hall–Kier alpha value is -1.80. The van der Waals surface area contributed by atoms with E-state index in [1.165, 1.54) is 36.0 Å². The standard InChI is InChI=1S/C23H33NO/c1-4-5-6-11-18-25-23-15-10-9-14-22(23)20(3)24-17-16-21-13-8-7-12-19(21)2/h7-10,12-15,20,24H,4-6,11,16-18H2,1-3H3. The van der Waals surface area contributed by atoms with Crippen LogP contribution in [0.5, 0.6) is 5.75 Å². The van der Waals surface area contributed by atoms with Crippen LogP contribution in [-0.4, -0.2) is 13.2 Å². The van der Waals surface area contributed by atoms with Gasteiger partial charge in [0, 0.05) is 11.6 Å². The Balaban J connectivity index is 1.84. The lowest BCUT2D eigenvalue weighted by Crippen LogP contribution is -2.22. The van der Waals surface area contributed by atoms with Crippen molar-refractivity contribution in [2.75, 3.05) is 13.2 Å². The molecular formula is C23H33NO. The van der Waals surface area contributed by atoms with Gasteiger partial charge in [-0.1, -0.05) is 68.7 Å². The number of benzene rings is 2. The molecule has 0 spiro atoms. The molecule has 0 aliphatic rings. The molecule has 136 valence electrons. The van der Waals surface area contributed by atoms with E-state index in [0.717, 1.165) is 31.7 Å².